The molecular weight excluding hydrogens is 319 g/mol. The van der Waals surface area contributed by atoms with Gasteiger partial charge in [-0.05, 0) is 30.5 Å². The zero-order chi connectivity index (χ0) is 15.4. The van der Waals surface area contributed by atoms with Crippen LogP contribution in [-0.4, -0.2) is 38.3 Å². The molecule has 1 heterocycles. The van der Waals surface area contributed by atoms with E-state index < -0.39 is 6.10 Å². The zero-order valence-corrected chi connectivity index (χ0v) is 14.0. The monoisotopic (exact) mass is 342 g/mol. The van der Waals surface area contributed by atoms with Crippen LogP contribution in [0.3, 0.4) is 0 Å². The van der Waals surface area contributed by atoms with Crippen molar-refractivity contribution in [1.82, 2.24) is 10.6 Å². The third-order valence-corrected chi connectivity index (χ3v) is 4.84. The second kappa shape index (κ2) is 8.08. The highest BCUT2D eigenvalue weighted by molar-refractivity contribution is 5.85. The van der Waals surface area contributed by atoms with Crippen LogP contribution in [0.15, 0.2) is 24.3 Å². The highest BCUT2D eigenvalue weighted by atomic mass is 35.5. The molecule has 6 heteroatoms. The fourth-order valence-electron chi connectivity index (χ4n) is 3.53. The Balaban J connectivity index is 0.00000192. The van der Waals surface area contributed by atoms with Gasteiger partial charge in [0, 0.05) is 25.0 Å². The normalized spacial score (nSPS) is 23.1. The van der Waals surface area contributed by atoms with E-state index in [4.69, 9.17) is 4.74 Å². The molecule has 1 aromatic rings. The number of rotatable bonds is 4. The van der Waals surface area contributed by atoms with Crippen LogP contribution < -0.4 is 10.6 Å². The molecule has 3 rings (SSSR count). The summed E-state index contributed by atoms with van der Waals surface area (Å²) in [6.07, 6.45) is 3.95. The third-order valence-electron chi connectivity index (χ3n) is 4.84. The largest absolute Gasteiger partial charge is 0.366 e. The first-order chi connectivity index (χ1) is 10.7. The maximum Gasteiger partial charge on any atom is 0.250 e. The Labute approximate surface area is 142 Å². The highest BCUT2D eigenvalue weighted by Crippen LogP contribution is 2.40. The minimum atomic E-state index is -0.402. The summed E-state index contributed by atoms with van der Waals surface area (Å²) in [4.78, 5) is 12.2. The molecule has 2 N–H and O–H groups in total. The Hall–Kier alpha value is -1.17. The minimum absolute atomic E-state index is 0. The number of hydrogen-bond donors (Lipinski definition) is 2. The number of nitrogens with one attached hydrogen (secondary N) is 2. The van der Waals surface area contributed by atoms with Crippen LogP contribution in [0.1, 0.15) is 31.2 Å². The molecule has 1 aromatic carbocycles. The Kier molecular flexibility index (Phi) is 6.39. The summed E-state index contributed by atoms with van der Waals surface area (Å²) in [6.45, 7) is 2.52. The molecule has 0 spiro atoms. The van der Waals surface area contributed by atoms with Gasteiger partial charge in [-0.3, -0.25) is 4.79 Å². The van der Waals surface area contributed by atoms with E-state index >= 15 is 0 Å². The lowest BCUT2D eigenvalue weighted by atomic mass is 9.78. The molecule has 1 atom stereocenters. The summed E-state index contributed by atoms with van der Waals surface area (Å²) >= 11 is 0. The van der Waals surface area contributed by atoms with Gasteiger partial charge in [0.2, 0.25) is 5.91 Å². The standard InChI is InChI=1S/C17H23FN2O2.ClH/c18-14-5-3-13(4-6-14)17(7-1-2-8-17)12-20-16(21)15-11-19-9-10-22-15;/h3-6,15,19H,1-2,7-12H2,(H,20,21);1H. The third kappa shape index (κ3) is 4.22. The summed E-state index contributed by atoms with van der Waals surface area (Å²) in [5, 5.41) is 6.21. The van der Waals surface area contributed by atoms with Gasteiger partial charge in [0.1, 0.15) is 11.9 Å². The fourth-order valence-corrected chi connectivity index (χ4v) is 3.53. The van der Waals surface area contributed by atoms with Gasteiger partial charge in [-0.15, -0.1) is 12.4 Å². The van der Waals surface area contributed by atoms with Crippen LogP contribution >= 0.6 is 12.4 Å². The zero-order valence-electron chi connectivity index (χ0n) is 13.1. The van der Waals surface area contributed by atoms with Crippen LogP contribution in [0.4, 0.5) is 4.39 Å². The minimum Gasteiger partial charge on any atom is -0.366 e. The molecule has 0 bridgehead atoms. The van der Waals surface area contributed by atoms with Gasteiger partial charge >= 0.3 is 0 Å². The summed E-state index contributed by atoms with van der Waals surface area (Å²) in [7, 11) is 0. The fraction of sp³-hybridized carbons (Fsp3) is 0.588. The van der Waals surface area contributed by atoms with Crippen LogP contribution in [0.2, 0.25) is 0 Å². The van der Waals surface area contributed by atoms with Crippen LogP contribution in [0, 0.1) is 5.82 Å². The van der Waals surface area contributed by atoms with E-state index in [1.54, 1.807) is 0 Å². The summed E-state index contributed by atoms with van der Waals surface area (Å²) in [5.41, 5.74) is 1.06. The summed E-state index contributed by atoms with van der Waals surface area (Å²) < 4.78 is 18.6. The van der Waals surface area contributed by atoms with Crippen molar-refractivity contribution in [3.05, 3.63) is 35.6 Å². The topological polar surface area (TPSA) is 50.4 Å². The first kappa shape index (κ1) is 18.2. The molecule has 1 amide bonds. The molecule has 1 unspecified atom stereocenters. The van der Waals surface area contributed by atoms with Crippen molar-refractivity contribution in [1.29, 1.82) is 0 Å². The predicted octanol–water partition coefficient (Wildman–Crippen LogP) is 2.16. The predicted molar refractivity (Wildman–Crippen MR) is 89.4 cm³/mol. The maximum absolute atomic E-state index is 13.2. The van der Waals surface area contributed by atoms with Crippen molar-refractivity contribution < 1.29 is 13.9 Å². The van der Waals surface area contributed by atoms with E-state index in [1.807, 2.05) is 12.1 Å². The number of ether oxygens (including phenoxy) is 1. The second-order valence-corrected chi connectivity index (χ2v) is 6.28. The summed E-state index contributed by atoms with van der Waals surface area (Å²) in [6, 6.07) is 6.72. The number of morpholine rings is 1. The molecule has 128 valence electrons. The molecule has 0 radical (unpaired) electrons. The smallest absolute Gasteiger partial charge is 0.250 e. The number of hydrogen-bond acceptors (Lipinski definition) is 3. The van der Waals surface area contributed by atoms with Gasteiger partial charge in [-0.1, -0.05) is 25.0 Å². The van der Waals surface area contributed by atoms with Crippen molar-refractivity contribution >= 4 is 18.3 Å². The van der Waals surface area contributed by atoms with E-state index in [9.17, 15) is 9.18 Å². The van der Waals surface area contributed by atoms with Gasteiger partial charge in [0.05, 0.1) is 6.61 Å². The molecule has 4 nitrogen and oxygen atoms in total. The van der Waals surface area contributed by atoms with Crippen molar-refractivity contribution in [3.8, 4) is 0 Å². The second-order valence-electron chi connectivity index (χ2n) is 6.28. The molecule has 1 saturated carbocycles. The SMILES string of the molecule is Cl.O=C(NCC1(c2ccc(F)cc2)CCCC1)C1CNCCO1. The Morgan fingerprint density at radius 2 is 2.00 bits per heavy atom. The van der Waals surface area contributed by atoms with Gasteiger partial charge in [0.15, 0.2) is 0 Å². The Morgan fingerprint density at radius 3 is 2.61 bits per heavy atom. The van der Waals surface area contributed by atoms with Gasteiger partial charge < -0.3 is 15.4 Å². The van der Waals surface area contributed by atoms with Crippen molar-refractivity contribution in [3.63, 3.8) is 0 Å². The van der Waals surface area contributed by atoms with E-state index in [-0.39, 0.29) is 29.5 Å². The molecule has 2 fully saturated rings. The average molecular weight is 343 g/mol. The maximum atomic E-state index is 13.2. The lowest BCUT2D eigenvalue weighted by molar-refractivity contribution is -0.134. The molecular formula is C17H24ClFN2O2. The van der Waals surface area contributed by atoms with Gasteiger partial charge in [-0.25, -0.2) is 4.39 Å². The lowest BCUT2D eigenvalue weighted by Crippen LogP contribution is -2.50. The van der Waals surface area contributed by atoms with Crippen molar-refractivity contribution in [2.45, 2.75) is 37.2 Å². The molecule has 1 aliphatic carbocycles. The first-order valence-electron chi connectivity index (χ1n) is 8.06. The number of carbonyl (C=O) groups is 1. The molecule has 23 heavy (non-hydrogen) atoms. The number of carbonyl (C=O) groups excluding carboxylic acids is 1. The van der Waals surface area contributed by atoms with Crippen LogP contribution in [0.5, 0.6) is 0 Å². The number of amides is 1. The summed E-state index contributed by atoms with van der Waals surface area (Å²) in [5.74, 6) is -0.275. The highest BCUT2D eigenvalue weighted by Gasteiger charge is 2.36. The van der Waals surface area contributed by atoms with Crippen LogP contribution in [-0.2, 0) is 14.9 Å². The Bertz CT molecular complexity index is 512. The van der Waals surface area contributed by atoms with Gasteiger partial charge in [0.25, 0.3) is 0 Å². The van der Waals surface area contributed by atoms with E-state index in [2.05, 4.69) is 10.6 Å². The molecule has 2 aliphatic rings. The van der Waals surface area contributed by atoms with Gasteiger partial charge in [-0.2, -0.15) is 0 Å². The average Bonchev–Trinajstić information content (AvgIpc) is 3.04. The van der Waals surface area contributed by atoms with Crippen LogP contribution in [0.25, 0.3) is 0 Å². The van der Waals surface area contributed by atoms with E-state index in [0.717, 1.165) is 37.8 Å². The molecule has 1 saturated heterocycles. The first-order valence-corrected chi connectivity index (χ1v) is 8.06. The lowest BCUT2D eigenvalue weighted by Gasteiger charge is -2.31. The van der Waals surface area contributed by atoms with E-state index in [1.165, 1.54) is 12.1 Å². The number of halogens is 2. The quantitative estimate of drug-likeness (QED) is 0.881. The van der Waals surface area contributed by atoms with Crippen molar-refractivity contribution in [2.24, 2.45) is 0 Å². The van der Waals surface area contributed by atoms with E-state index in [0.29, 0.717) is 19.7 Å². The van der Waals surface area contributed by atoms with Crippen molar-refractivity contribution in [2.75, 3.05) is 26.2 Å². The Morgan fingerprint density at radius 1 is 1.30 bits per heavy atom. The molecule has 0 aromatic heterocycles. The molecule has 1 aliphatic heterocycles. The number of benzene rings is 1.